The van der Waals surface area contributed by atoms with Gasteiger partial charge in [0.2, 0.25) is 0 Å². The Morgan fingerprint density at radius 2 is 1.91 bits per heavy atom. The maximum atomic E-state index is 10.0. The molecule has 0 atom stereocenters. The average Bonchev–Trinajstić information content (AvgIpc) is 2.59. The monoisotopic (exact) mass is 314 g/mol. The zero-order valence-corrected chi connectivity index (χ0v) is 13.4. The molecule has 0 aromatic heterocycles. The SMILES string of the molecule is CCN(CCO)c1ccc(N=Cc2cccc(OC)c2O)cc1. The van der Waals surface area contributed by atoms with Crippen LogP contribution in [0.25, 0.3) is 0 Å². The number of aliphatic hydroxyl groups is 1. The zero-order valence-electron chi connectivity index (χ0n) is 13.4. The first-order valence-electron chi connectivity index (χ1n) is 7.55. The number of ether oxygens (including phenoxy) is 1. The molecule has 0 saturated heterocycles. The number of phenols is 1. The molecule has 122 valence electrons. The predicted octanol–water partition coefficient (Wildman–Crippen LogP) is 2.97. The van der Waals surface area contributed by atoms with Crippen LogP contribution in [0.4, 0.5) is 11.4 Å². The quantitative estimate of drug-likeness (QED) is 0.771. The van der Waals surface area contributed by atoms with E-state index in [2.05, 4.69) is 9.89 Å². The van der Waals surface area contributed by atoms with Gasteiger partial charge in [-0.15, -0.1) is 0 Å². The molecule has 0 spiro atoms. The van der Waals surface area contributed by atoms with E-state index in [1.54, 1.807) is 24.4 Å². The molecule has 0 amide bonds. The normalized spacial score (nSPS) is 10.9. The van der Waals surface area contributed by atoms with Gasteiger partial charge in [0.15, 0.2) is 11.5 Å². The fraction of sp³-hybridized carbons (Fsp3) is 0.278. The maximum absolute atomic E-state index is 10.0. The first-order chi connectivity index (χ1) is 11.2. The molecule has 0 radical (unpaired) electrons. The smallest absolute Gasteiger partial charge is 0.166 e. The van der Waals surface area contributed by atoms with Crippen LogP contribution < -0.4 is 9.64 Å². The summed E-state index contributed by atoms with van der Waals surface area (Å²) in [6.07, 6.45) is 1.61. The van der Waals surface area contributed by atoms with Gasteiger partial charge in [-0.1, -0.05) is 6.07 Å². The second-order valence-corrected chi connectivity index (χ2v) is 4.98. The van der Waals surface area contributed by atoms with Crippen LogP contribution in [-0.4, -0.2) is 43.2 Å². The van der Waals surface area contributed by atoms with Crippen LogP contribution in [0.3, 0.4) is 0 Å². The number of benzene rings is 2. The number of rotatable bonds is 7. The van der Waals surface area contributed by atoms with Gasteiger partial charge in [-0.3, -0.25) is 4.99 Å². The molecule has 0 aliphatic heterocycles. The van der Waals surface area contributed by atoms with Gasteiger partial charge < -0.3 is 19.8 Å². The molecule has 0 heterocycles. The van der Waals surface area contributed by atoms with Gasteiger partial charge in [-0.05, 0) is 43.3 Å². The Morgan fingerprint density at radius 3 is 2.52 bits per heavy atom. The third-order valence-corrected chi connectivity index (χ3v) is 3.57. The van der Waals surface area contributed by atoms with E-state index in [0.29, 0.717) is 17.9 Å². The number of hydrogen-bond donors (Lipinski definition) is 2. The van der Waals surface area contributed by atoms with E-state index in [9.17, 15) is 5.11 Å². The van der Waals surface area contributed by atoms with Crippen LogP contribution in [0, 0.1) is 0 Å². The molecule has 0 bridgehead atoms. The minimum absolute atomic E-state index is 0.0791. The molecule has 23 heavy (non-hydrogen) atoms. The predicted molar refractivity (Wildman–Crippen MR) is 93.3 cm³/mol. The van der Waals surface area contributed by atoms with Crippen molar-refractivity contribution in [2.75, 3.05) is 31.7 Å². The number of phenolic OH excluding ortho intramolecular Hbond substituents is 1. The Bertz CT molecular complexity index is 654. The van der Waals surface area contributed by atoms with Crippen molar-refractivity contribution in [3.8, 4) is 11.5 Å². The van der Waals surface area contributed by atoms with Gasteiger partial charge in [0, 0.05) is 30.6 Å². The van der Waals surface area contributed by atoms with E-state index in [0.717, 1.165) is 17.9 Å². The summed E-state index contributed by atoms with van der Waals surface area (Å²) < 4.78 is 5.08. The first kappa shape index (κ1) is 16.8. The number of para-hydroxylation sites is 1. The summed E-state index contributed by atoms with van der Waals surface area (Å²) in [5.41, 5.74) is 2.43. The number of aromatic hydroxyl groups is 1. The molecule has 0 unspecified atom stereocenters. The van der Waals surface area contributed by atoms with E-state index in [1.807, 2.05) is 31.2 Å². The van der Waals surface area contributed by atoms with Crippen molar-refractivity contribution >= 4 is 17.6 Å². The average molecular weight is 314 g/mol. The molecule has 0 fully saturated rings. The molecule has 2 aromatic rings. The molecule has 0 saturated carbocycles. The highest BCUT2D eigenvalue weighted by atomic mass is 16.5. The Morgan fingerprint density at radius 1 is 1.17 bits per heavy atom. The number of likely N-dealkylation sites (N-methyl/N-ethyl adjacent to an activating group) is 1. The maximum Gasteiger partial charge on any atom is 0.166 e. The Balaban J connectivity index is 2.15. The lowest BCUT2D eigenvalue weighted by Crippen LogP contribution is -2.25. The summed E-state index contributed by atoms with van der Waals surface area (Å²) in [5.74, 6) is 0.502. The van der Waals surface area contributed by atoms with E-state index in [4.69, 9.17) is 9.84 Å². The summed E-state index contributed by atoms with van der Waals surface area (Å²) in [5, 5.41) is 19.1. The van der Waals surface area contributed by atoms with Gasteiger partial charge in [0.25, 0.3) is 0 Å². The van der Waals surface area contributed by atoms with Crippen LogP contribution >= 0.6 is 0 Å². The molecule has 5 nitrogen and oxygen atoms in total. The van der Waals surface area contributed by atoms with Crippen molar-refractivity contribution in [1.82, 2.24) is 0 Å². The van der Waals surface area contributed by atoms with Gasteiger partial charge in [0.1, 0.15) is 0 Å². The summed E-state index contributed by atoms with van der Waals surface area (Å²) in [6, 6.07) is 13.0. The first-order valence-corrected chi connectivity index (χ1v) is 7.55. The van der Waals surface area contributed by atoms with Crippen molar-refractivity contribution in [3.05, 3.63) is 48.0 Å². The van der Waals surface area contributed by atoms with Gasteiger partial charge in [-0.25, -0.2) is 0 Å². The van der Waals surface area contributed by atoms with E-state index < -0.39 is 0 Å². The molecule has 2 N–H and O–H groups in total. The minimum Gasteiger partial charge on any atom is -0.504 e. The van der Waals surface area contributed by atoms with E-state index in [-0.39, 0.29) is 12.4 Å². The van der Waals surface area contributed by atoms with Crippen molar-refractivity contribution < 1.29 is 14.9 Å². The number of anilines is 1. The second-order valence-electron chi connectivity index (χ2n) is 4.98. The molecular weight excluding hydrogens is 292 g/mol. The molecule has 2 aromatic carbocycles. The van der Waals surface area contributed by atoms with Crippen LogP contribution in [0.1, 0.15) is 12.5 Å². The Hall–Kier alpha value is -2.53. The van der Waals surface area contributed by atoms with Crippen LogP contribution in [0.15, 0.2) is 47.5 Å². The van der Waals surface area contributed by atoms with Crippen LogP contribution in [0.5, 0.6) is 11.5 Å². The van der Waals surface area contributed by atoms with Crippen LogP contribution in [0.2, 0.25) is 0 Å². The Kier molecular flexibility index (Phi) is 6.00. The highest BCUT2D eigenvalue weighted by molar-refractivity contribution is 5.86. The van der Waals surface area contributed by atoms with Gasteiger partial charge >= 0.3 is 0 Å². The number of aliphatic imine (C=N–C) groups is 1. The van der Waals surface area contributed by atoms with E-state index in [1.165, 1.54) is 7.11 Å². The lowest BCUT2D eigenvalue weighted by Gasteiger charge is -2.21. The van der Waals surface area contributed by atoms with Crippen LogP contribution in [-0.2, 0) is 0 Å². The molecule has 0 aliphatic rings. The molecule has 5 heteroatoms. The second kappa shape index (κ2) is 8.19. The number of hydrogen-bond acceptors (Lipinski definition) is 5. The number of aliphatic hydroxyl groups excluding tert-OH is 1. The number of nitrogens with zero attached hydrogens (tertiary/aromatic N) is 2. The van der Waals surface area contributed by atoms with Crippen molar-refractivity contribution in [2.45, 2.75) is 6.92 Å². The standard InChI is InChI=1S/C18H22N2O3/c1-3-20(11-12-21)16-9-7-15(8-10-16)19-13-14-5-4-6-17(23-2)18(14)22/h4-10,13,21-22H,3,11-12H2,1-2H3. The summed E-state index contributed by atoms with van der Waals surface area (Å²) in [4.78, 5) is 6.46. The van der Waals surface area contributed by atoms with E-state index >= 15 is 0 Å². The number of methoxy groups -OCH3 is 1. The summed E-state index contributed by atoms with van der Waals surface area (Å²) in [7, 11) is 1.51. The fourth-order valence-corrected chi connectivity index (χ4v) is 2.29. The highest BCUT2D eigenvalue weighted by Gasteiger charge is 2.05. The molecule has 0 aliphatic carbocycles. The minimum atomic E-state index is 0.0791. The van der Waals surface area contributed by atoms with Gasteiger partial charge in [-0.2, -0.15) is 0 Å². The lowest BCUT2D eigenvalue weighted by molar-refractivity contribution is 0.302. The largest absolute Gasteiger partial charge is 0.504 e. The fourth-order valence-electron chi connectivity index (χ4n) is 2.29. The topological polar surface area (TPSA) is 65.3 Å². The highest BCUT2D eigenvalue weighted by Crippen LogP contribution is 2.28. The van der Waals surface area contributed by atoms with Crippen molar-refractivity contribution in [1.29, 1.82) is 0 Å². The third kappa shape index (κ3) is 4.23. The summed E-state index contributed by atoms with van der Waals surface area (Å²) in [6.45, 7) is 3.62. The zero-order chi connectivity index (χ0) is 16.7. The summed E-state index contributed by atoms with van der Waals surface area (Å²) >= 11 is 0. The third-order valence-electron chi connectivity index (χ3n) is 3.57. The Labute approximate surface area is 136 Å². The molecular formula is C18H22N2O3. The molecule has 2 rings (SSSR count). The van der Waals surface area contributed by atoms with Crippen molar-refractivity contribution in [2.24, 2.45) is 4.99 Å². The van der Waals surface area contributed by atoms with Gasteiger partial charge in [0.05, 0.1) is 19.4 Å². The lowest BCUT2D eigenvalue weighted by atomic mass is 10.2. The van der Waals surface area contributed by atoms with Crippen molar-refractivity contribution in [3.63, 3.8) is 0 Å².